The van der Waals surface area contributed by atoms with E-state index in [-0.39, 0.29) is 11.9 Å². The molecule has 0 saturated heterocycles. The molecule has 1 aromatic heterocycles. The van der Waals surface area contributed by atoms with Crippen molar-refractivity contribution >= 4 is 32.7 Å². The number of carbonyl (C=O) groups is 1. The molecule has 0 bridgehead atoms. The van der Waals surface area contributed by atoms with Crippen LogP contribution in [0.1, 0.15) is 29.0 Å². The van der Waals surface area contributed by atoms with Crippen LogP contribution in [0.3, 0.4) is 0 Å². The Morgan fingerprint density at radius 1 is 1.19 bits per heavy atom. The number of fused-ring (bicyclic) bond motifs is 1. The first-order valence-electron chi connectivity index (χ1n) is 6.64. The molecule has 5 heteroatoms. The van der Waals surface area contributed by atoms with Gasteiger partial charge >= 0.3 is 0 Å². The molecule has 0 saturated carbocycles. The molecular formula is C16H14BrN3O. The minimum absolute atomic E-state index is 0.0823. The van der Waals surface area contributed by atoms with Crippen molar-refractivity contribution in [2.45, 2.75) is 13.0 Å². The predicted octanol–water partition coefficient (Wildman–Crippen LogP) is 3.82. The Balaban J connectivity index is 1.81. The Morgan fingerprint density at radius 2 is 1.90 bits per heavy atom. The maximum absolute atomic E-state index is 12.4. The molecule has 2 N–H and O–H groups in total. The van der Waals surface area contributed by atoms with Crippen LogP contribution in [0.4, 0.5) is 0 Å². The Hall–Kier alpha value is -2.14. The number of para-hydroxylation sites is 1. The number of benzene rings is 2. The minimum atomic E-state index is -0.178. The smallest absolute Gasteiger partial charge is 0.272 e. The van der Waals surface area contributed by atoms with Gasteiger partial charge in [0.25, 0.3) is 5.91 Å². The first kappa shape index (κ1) is 13.8. The zero-order valence-electron chi connectivity index (χ0n) is 11.4. The average molecular weight is 344 g/mol. The van der Waals surface area contributed by atoms with Crippen LogP contribution in [0, 0.1) is 0 Å². The highest BCUT2D eigenvalue weighted by atomic mass is 79.9. The van der Waals surface area contributed by atoms with E-state index in [1.54, 1.807) is 0 Å². The molecule has 21 heavy (non-hydrogen) atoms. The van der Waals surface area contributed by atoms with Crippen LogP contribution in [-0.4, -0.2) is 16.1 Å². The van der Waals surface area contributed by atoms with Crippen molar-refractivity contribution in [2.24, 2.45) is 0 Å². The number of aromatic nitrogens is 2. The summed E-state index contributed by atoms with van der Waals surface area (Å²) in [5.74, 6) is -0.178. The maximum atomic E-state index is 12.4. The van der Waals surface area contributed by atoms with Crippen LogP contribution in [-0.2, 0) is 0 Å². The predicted molar refractivity (Wildman–Crippen MR) is 86.1 cm³/mol. The normalized spacial score (nSPS) is 12.3. The van der Waals surface area contributed by atoms with E-state index in [0.29, 0.717) is 5.69 Å². The molecule has 3 rings (SSSR count). The fraction of sp³-hybridized carbons (Fsp3) is 0.125. The number of carbonyl (C=O) groups excluding carboxylic acids is 1. The number of hydrogen-bond acceptors (Lipinski definition) is 2. The summed E-state index contributed by atoms with van der Waals surface area (Å²) in [7, 11) is 0. The molecule has 0 fully saturated rings. The molecule has 1 heterocycles. The fourth-order valence-electron chi connectivity index (χ4n) is 2.24. The number of rotatable bonds is 3. The summed E-state index contributed by atoms with van der Waals surface area (Å²) in [4.78, 5) is 12.4. The number of nitrogens with one attached hydrogen (secondary N) is 2. The van der Waals surface area contributed by atoms with Gasteiger partial charge in [0, 0.05) is 9.86 Å². The zero-order valence-corrected chi connectivity index (χ0v) is 13.0. The average Bonchev–Trinajstić information content (AvgIpc) is 2.92. The largest absolute Gasteiger partial charge is 0.344 e. The molecular weight excluding hydrogens is 330 g/mol. The number of hydrogen-bond donors (Lipinski definition) is 2. The highest BCUT2D eigenvalue weighted by Gasteiger charge is 2.16. The molecule has 0 aliphatic heterocycles. The van der Waals surface area contributed by atoms with Gasteiger partial charge in [0.2, 0.25) is 0 Å². The SMILES string of the molecule is C[C@@H](NC(=O)c1n[nH]c2ccccc12)c1ccc(Br)cc1. The van der Waals surface area contributed by atoms with Crippen LogP contribution in [0.2, 0.25) is 0 Å². The quantitative estimate of drug-likeness (QED) is 0.759. The van der Waals surface area contributed by atoms with Crippen molar-refractivity contribution in [3.8, 4) is 0 Å². The molecule has 0 radical (unpaired) electrons. The van der Waals surface area contributed by atoms with E-state index in [1.807, 2.05) is 55.5 Å². The topological polar surface area (TPSA) is 57.8 Å². The molecule has 1 atom stereocenters. The zero-order chi connectivity index (χ0) is 14.8. The monoisotopic (exact) mass is 343 g/mol. The summed E-state index contributed by atoms with van der Waals surface area (Å²) >= 11 is 3.40. The molecule has 0 aliphatic rings. The van der Waals surface area contributed by atoms with Crippen molar-refractivity contribution < 1.29 is 4.79 Å². The Kier molecular flexibility index (Phi) is 3.75. The molecule has 1 amide bonds. The standard InChI is InChI=1S/C16H14BrN3O/c1-10(11-6-8-12(17)9-7-11)18-16(21)15-13-4-2-3-5-14(13)19-20-15/h2-10H,1H3,(H,18,21)(H,19,20)/t10-/m1/s1. The second kappa shape index (κ2) is 5.69. The third-order valence-corrected chi connectivity index (χ3v) is 3.93. The van der Waals surface area contributed by atoms with Gasteiger partial charge in [-0.05, 0) is 30.7 Å². The summed E-state index contributed by atoms with van der Waals surface area (Å²) in [6, 6.07) is 15.4. The molecule has 4 nitrogen and oxygen atoms in total. The van der Waals surface area contributed by atoms with Crippen molar-refractivity contribution in [3.63, 3.8) is 0 Å². The molecule has 2 aromatic carbocycles. The maximum Gasteiger partial charge on any atom is 0.272 e. The van der Waals surface area contributed by atoms with Crippen LogP contribution >= 0.6 is 15.9 Å². The second-order valence-corrected chi connectivity index (χ2v) is 5.78. The van der Waals surface area contributed by atoms with Gasteiger partial charge in [-0.2, -0.15) is 5.10 Å². The lowest BCUT2D eigenvalue weighted by Gasteiger charge is -2.13. The van der Waals surface area contributed by atoms with E-state index in [4.69, 9.17) is 0 Å². The van der Waals surface area contributed by atoms with Crippen LogP contribution in [0.25, 0.3) is 10.9 Å². The van der Waals surface area contributed by atoms with Crippen molar-refractivity contribution in [1.82, 2.24) is 15.5 Å². The number of aromatic amines is 1. The first-order valence-corrected chi connectivity index (χ1v) is 7.44. The highest BCUT2D eigenvalue weighted by Crippen LogP contribution is 2.19. The van der Waals surface area contributed by atoms with E-state index in [0.717, 1.165) is 20.9 Å². The van der Waals surface area contributed by atoms with Crippen molar-refractivity contribution in [1.29, 1.82) is 0 Å². The van der Waals surface area contributed by atoms with E-state index in [9.17, 15) is 4.79 Å². The highest BCUT2D eigenvalue weighted by molar-refractivity contribution is 9.10. The summed E-state index contributed by atoms with van der Waals surface area (Å²) in [5, 5.41) is 10.8. The third kappa shape index (κ3) is 2.83. The van der Waals surface area contributed by atoms with Gasteiger partial charge < -0.3 is 5.32 Å². The summed E-state index contributed by atoms with van der Waals surface area (Å²) in [5.41, 5.74) is 2.33. The Bertz CT molecular complexity index is 780. The van der Waals surface area contributed by atoms with Crippen molar-refractivity contribution in [3.05, 3.63) is 64.3 Å². The second-order valence-electron chi connectivity index (χ2n) is 4.86. The lowest BCUT2D eigenvalue weighted by atomic mass is 10.1. The molecule has 3 aromatic rings. The van der Waals surface area contributed by atoms with Gasteiger partial charge in [0.05, 0.1) is 11.6 Å². The number of nitrogens with zero attached hydrogens (tertiary/aromatic N) is 1. The van der Waals surface area contributed by atoms with Crippen LogP contribution in [0.5, 0.6) is 0 Å². The summed E-state index contributed by atoms with van der Waals surface area (Å²) in [6.45, 7) is 1.95. The van der Waals surface area contributed by atoms with Gasteiger partial charge in [0.15, 0.2) is 5.69 Å². The Morgan fingerprint density at radius 3 is 2.67 bits per heavy atom. The van der Waals surface area contributed by atoms with Crippen molar-refractivity contribution in [2.75, 3.05) is 0 Å². The number of H-pyrrole nitrogens is 1. The first-order chi connectivity index (χ1) is 10.1. The summed E-state index contributed by atoms with van der Waals surface area (Å²) < 4.78 is 1.02. The van der Waals surface area contributed by atoms with E-state index >= 15 is 0 Å². The van der Waals surface area contributed by atoms with Crippen LogP contribution in [0.15, 0.2) is 53.0 Å². The lowest BCUT2D eigenvalue weighted by Crippen LogP contribution is -2.27. The number of halogens is 1. The molecule has 106 valence electrons. The van der Waals surface area contributed by atoms with Crippen LogP contribution < -0.4 is 5.32 Å². The summed E-state index contributed by atoms with van der Waals surface area (Å²) in [6.07, 6.45) is 0. The lowest BCUT2D eigenvalue weighted by molar-refractivity contribution is 0.0936. The van der Waals surface area contributed by atoms with Gasteiger partial charge in [-0.3, -0.25) is 9.89 Å². The van der Waals surface area contributed by atoms with E-state index in [1.165, 1.54) is 0 Å². The Labute approximate surface area is 130 Å². The minimum Gasteiger partial charge on any atom is -0.344 e. The van der Waals surface area contributed by atoms with Gasteiger partial charge in [-0.1, -0.05) is 46.3 Å². The van der Waals surface area contributed by atoms with E-state index < -0.39 is 0 Å². The molecule has 0 spiro atoms. The van der Waals surface area contributed by atoms with Gasteiger partial charge in [0.1, 0.15) is 0 Å². The fourth-order valence-corrected chi connectivity index (χ4v) is 2.50. The van der Waals surface area contributed by atoms with Gasteiger partial charge in [-0.25, -0.2) is 0 Å². The van der Waals surface area contributed by atoms with E-state index in [2.05, 4.69) is 31.4 Å². The molecule has 0 unspecified atom stereocenters. The third-order valence-electron chi connectivity index (χ3n) is 3.40. The number of amides is 1. The van der Waals surface area contributed by atoms with Gasteiger partial charge in [-0.15, -0.1) is 0 Å². The molecule has 0 aliphatic carbocycles.